The van der Waals surface area contributed by atoms with E-state index in [9.17, 15) is 0 Å². The Balaban J connectivity index is 1.76. The summed E-state index contributed by atoms with van der Waals surface area (Å²) in [5, 5.41) is 0. The lowest BCUT2D eigenvalue weighted by molar-refractivity contribution is 1.26. The van der Waals surface area contributed by atoms with Gasteiger partial charge in [-0.05, 0) is 80.3 Å². The Kier molecular flexibility index (Phi) is 4.78. The first-order valence-electron chi connectivity index (χ1n) is 10.9. The van der Waals surface area contributed by atoms with Crippen LogP contribution in [0, 0.1) is 0 Å². The first-order chi connectivity index (χ1) is 15.8. The molecule has 32 heavy (non-hydrogen) atoms. The van der Waals surface area contributed by atoms with Crippen LogP contribution in [0.2, 0.25) is 0 Å². The Morgan fingerprint density at radius 2 is 1.06 bits per heavy atom. The van der Waals surface area contributed by atoms with Gasteiger partial charge < -0.3 is 0 Å². The van der Waals surface area contributed by atoms with E-state index in [-0.39, 0.29) is 0 Å². The van der Waals surface area contributed by atoms with Crippen LogP contribution < -0.4 is 0 Å². The van der Waals surface area contributed by atoms with Gasteiger partial charge in [0.1, 0.15) is 0 Å². The number of benzene rings is 5. The molecule has 152 valence electrons. The Morgan fingerprint density at radius 1 is 0.469 bits per heavy atom. The second-order valence-corrected chi connectivity index (χ2v) is 9.19. The Hall–Kier alpha value is -3.42. The quantitative estimate of drug-likeness (QED) is 0.241. The topological polar surface area (TPSA) is 0 Å². The molecule has 5 aromatic rings. The van der Waals surface area contributed by atoms with Gasteiger partial charge in [0.05, 0.1) is 0 Å². The van der Waals surface area contributed by atoms with Crippen molar-refractivity contribution in [2.45, 2.75) is 6.42 Å². The van der Waals surface area contributed by atoms with E-state index in [1.54, 1.807) is 0 Å². The summed E-state index contributed by atoms with van der Waals surface area (Å²) in [6, 6.07) is 41.7. The fourth-order valence-corrected chi connectivity index (χ4v) is 5.22. The molecule has 0 unspecified atom stereocenters. The van der Waals surface area contributed by atoms with Crippen molar-refractivity contribution < 1.29 is 0 Å². The predicted octanol–water partition coefficient (Wildman–Crippen LogP) is 9.02. The van der Waals surface area contributed by atoms with Crippen molar-refractivity contribution >= 4 is 15.9 Å². The Bertz CT molecular complexity index is 1420. The second-order valence-electron chi connectivity index (χ2n) is 8.27. The van der Waals surface area contributed by atoms with Crippen molar-refractivity contribution in [3.8, 4) is 44.5 Å². The lowest BCUT2D eigenvalue weighted by atomic mass is 9.82. The summed E-state index contributed by atoms with van der Waals surface area (Å²) < 4.78 is 1.10. The van der Waals surface area contributed by atoms with Crippen molar-refractivity contribution in [2.24, 2.45) is 0 Å². The zero-order valence-corrected chi connectivity index (χ0v) is 19.1. The summed E-state index contributed by atoms with van der Waals surface area (Å²) in [5.41, 5.74) is 13.2. The zero-order valence-electron chi connectivity index (χ0n) is 17.6. The predicted molar refractivity (Wildman–Crippen MR) is 139 cm³/mol. The van der Waals surface area contributed by atoms with E-state index in [2.05, 4.69) is 131 Å². The van der Waals surface area contributed by atoms with E-state index in [1.807, 2.05) is 0 Å². The summed E-state index contributed by atoms with van der Waals surface area (Å²) in [4.78, 5) is 0. The van der Waals surface area contributed by atoms with E-state index >= 15 is 0 Å². The minimum atomic E-state index is 0.964. The molecule has 0 aromatic heterocycles. The third-order valence-electron chi connectivity index (χ3n) is 6.39. The van der Waals surface area contributed by atoms with Gasteiger partial charge in [-0.1, -0.05) is 113 Å². The first kappa shape index (κ1) is 19.3. The lowest BCUT2D eigenvalue weighted by Crippen LogP contribution is -1.96. The molecule has 1 heteroatoms. The highest BCUT2D eigenvalue weighted by molar-refractivity contribution is 9.10. The molecule has 0 fully saturated rings. The minimum Gasteiger partial charge on any atom is -0.0622 e. The maximum absolute atomic E-state index is 3.62. The van der Waals surface area contributed by atoms with Crippen molar-refractivity contribution in [1.82, 2.24) is 0 Å². The molecule has 0 saturated heterocycles. The molecular formula is C31H21Br. The van der Waals surface area contributed by atoms with Crippen LogP contribution in [-0.2, 0) is 6.42 Å². The molecule has 0 amide bonds. The molecule has 0 N–H and O–H groups in total. The van der Waals surface area contributed by atoms with Gasteiger partial charge in [0.25, 0.3) is 0 Å². The van der Waals surface area contributed by atoms with E-state index in [0.717, 1.165) is 10.9 Å². The number of hydrogen-bond donors (Lipinski definition) is 0. The van der Waals surface area contributed by atoms with Crippen LogP contribution in [0.25, 0.3) is 44.5 Å². The van der Waals surface area contributed by atoms with Gasteiger partial charge >= 0.3 is 0 Å². The van der Waals surface area contributed by atoms with Crippen LogP contribution in [0.5, 0.6) is 0 Å². The molecule has 0 saturated carbocycles. The normalized spacial score (nSPS) is 11.8. The van der Waals surface area contributed by atoms with Crippen LogP contribution in [0.15, 0.2) is 120 Å². The van der Waals surface area contributed by atoms with E-state index < -0.39 is 0 Å². The largest absolute Gasteiger partial charge is 0.0622 e. The molecule has 6 rings (SSSR count). The maximum atomic E-state index is 3.62. The highest BCUT2D eigenvalue weighted by Crippen LogP contribution is 2.50. The van der Waals surface area contributed by atoms with Gasteiger partial charge in [-0.15, -0.1) is 0 Å². The van der Waals surface area contributed by atoms with E-state index in [4.69, 9.17) is 0 Å². The summed E-state index contributed by atoms with van der Waals surface area (Å²) in [5.74, 6) is 0. The van der Waals surface area contributed by atoms with Crippen molar-refractivity contribution in [2.75, 3.05) is 0 Å². The van der Waals surface area contributed by atoms with Gasteiger partial charge in [-0.3, -0.25) is 0 Å². The number of rotatable bonds is 3. The Labute approximate surface area is 197 Å². The van der Waals surface area contributed by atoms with Crippen LogP contribution in [-0.4, -0.2) is 0 Å². The number of halogens is 1. The molecule has 0 spiro atoms. The molecule has 0 heterocycles. The summed E-state index contributed by atoms with van der Waals surface area (Å²) in [6.07, 6.45) is 0.964. The van der Waals surface area contributed by atoms with Gasteiger partial charge in [0.15, 0.2) is 0 Å². The Morgan fingerprint density at radius 3 is 1.78 bits per heavy atom. The number of hydrogen-bond acceptors (Lipinski definition) is 0. The standard InChI is InChI=1S/C31H21Br/c32-25-17-15-23(16-18-25)31-29-19-24-13-7-8-14-26(24)28(29)20-27(21-9-3-1-4-10-21)30(31)22-11-5-2-6-12-22/h1-18,20H,19H2. The van der Waals surface area contributed by atoms with Crippen molar-refractivity contribution in [3.63, 3.8) is 0 Å². The molecule has 0 nitrogen and oxygen atoms in total. The average Bonchev–Trinajstić information content (AvgIpc) is 3.23. The van der Waals surface area contributed by atoms with Crippen LogP contribution >= 0.6 is 15.9 Å². The fraction of sp³-hybridized carbons (Fsp3) is 0.0323. The highest BCUT2D eigenvalue weighted by Gasteiger charge is 2.27. The van der Waals surface area contributed by atoms with Gasteiger partial charge in [0.2, 0.25) is 0 Å². The molecule has 0 radical (unpaired) electrons. The lowest BCUT2D eigenvalue weighted by Gasteiger charge is -2.21. The maximum Gasteiger partial charge on any atom is 0.0175 e. The molecule has 1 aliphatic rings. The highest BCUT2D eigenvalue weighted by atomic mass is 79.9. The smallest absolute Gasteiger partial charge is 0.0175 e. The fourth-order valence-electron chi connectivity index (χ4n) is 4.96. The zero-order chi connectivity index (χ0) is 21.5. The average molecular weight is 473 g/mol. The van der Waals surface area contributed by atoms with Crippen molar-refractivity contribution in [1.29, 1.82) is 0 Å². The molecule has 0 bridgehead atoms. The van der Waals surface area contributed by atoms with Crippen LogP contribution in [0.1, 0.15) is 11.1 Å². The molecule has 5 aromatic carbocycles. The number of fused-ring (bicyclic) bond motifs is 3. The molecule has 0 aliphatic heterocycles. The van der Waals surface area contributed by atoms with Gasteiger partial charge in [-0.25, -0.2) is 0 Å². The molecule has 1 aliphatic carbocycles. The molecule has 0 atom stereocenters. The second kappa shape index (κ2) is 7.93. The monoisotopic (exact) mass is 472 g/mol. The first-order valence-corrected chi connectivity index (χ1v) is 11.7. The van der Waals surface area contributed by atoms with Crippen LogP contribution in [0.3, 0.4) is 0 Å². The SMILES string of the molecule is Brc1ccc(-c2c3c(cc(-c4ccccc4)c2-c2ccccc2)-c2ccccc2C3)cc1. The molecular weight excluding hydrogens is 452 g/mol. The third-order valence-corrected chi connectivity index (χ3v) is 6.92. The summed E-state index contributed by atoms with van der Waals surface area (Å²) in [7, 11) is 0. The van der Waals surface area contributed by atoms with Gasteiger partial charge in [0, 0.05) is 4.47 Å². The van der Waals surface area contributed by atoms with Crippen molar-refractivity contribution in [3.05, 3.63) is 131 Å². The van der Waals surface area contributed by atoms with E-state index in [1.165, 1.54) is 55.6 Å². The minimum absolute atomic E-state index is 0.964. The summed E-state index contributed by atoms with van der Waals surface area (Å²) >= 11 is 3.62. The van der Waals surface area contributed by atoms with E-state index in [0.29, 0.717) is 0 Å². The van der Waals surface area contributed by atoms with Gasteiger partial charge in [-0.2, -0.15) is 0 Å². The summed E-state index contributed by atoms with van der Waals surface area (Å²) in [6.45, 7) is 0. The third kappa shape index (κ3) is 3.21. The van der Waals surface area contributed by atoms with Crippen LogP contribution in [0.4, 0.5) is 0 Å².